The average Bonchev–Trinajstić information content (AvgIpc) is 2.90. The Labute approximate surface area is 230 Å². The third-order valence-electron chi connectivity index (χ3n) is 6.59. The molecular formula is C28H34F3N3O6. The summed E-state index contributed by atoms with van der Waals surface area (Å²) in [5.41, 5.74) is -1.24. The van der Waals surface area contributed by atoms with Gasteiger partial charge < -0.3 is 24.4 Å². The Balaban J connectivity index is 1.94. The number of halogens is 3. The van der Waals surface area contributed by atoms with E-state index in [9.17, 15) is 32.7 Å². The highest BCUT2D eigenvalue weighted by Gasteiger charge is 2.36. The number of hydrogen-bond donors (Lipinski definition) is 1. The van der Waals surface area contributed by atoms with Gasteiger partial charge in [-0.05, 0) is 63.4 Å². The molecule has 2 amide bonds. The van der Waals surface area contributed by atoms with Crippen molar-refractivity contribution in [2.75, 3.05) is 18.6 Å². The Hall–Kier alpha value is -3.83. The molecule has 12 heteroatoms. The number of nitrogens with zero attached hydrogens (tertiary/aromatic N) is 3. The van der Waals surface area contributed by atoms with Gasteiger partial charge in [0.2, 0.25) is 11.8 Å². The molecule has 1 aliphatic rings. The highest BCUT2D eigenvalue weighted by molar-refractivity contribution is 6.03. The van der Waals surface area contributed by atoms with Crippen LogP contribution in [-0.2, 0) is 22.3 Å². The number of aromatic nitrogens is 1. The molecule has 1 aliphatic carbocycles. The second-order valence-corrected chi connectivity index (χ2v) is 9.97. The topological polar surface area (TPSA) is 109 Å². The van der Waals surface area contributed by atoms with Gasteiger partial charge >= 0.3 is 18.2 Å². The Morgan fingerprint density at radius 2 is 1.80 bits per heavy atom. The van der Waals surface area contributed by atoms with Gasteiger partial charge in [-0.2, -0.15) is 13.2 Å². The highest BCUT2D eigenvalue weighted by Crippen LogP contribution is 2.39. The molecule has 1 saturated carbocycles. The minimum absolute atomic E-state index is 0.0885. The maximum atomic E-state index is 13.9. The molecule has 1 aromatic carbocycles. The van der Waals surface area contributed by atoms with Crippen LogP contribution in [-0.4, -0.2) is 52.7 Å². The first kappa shape index (κ1) is 30.7. The van der Waals surface area contributed by atoms with Crippen LogP contribution in [0.25, 0.3) is 0 Å². The third kappa shape index (κ3) is 7.42. The zero-order valence-corrected chi connectivity index (χ0v) is 23.0. The van der Waals surface area contributed by atoms with Crippen molar-refractivity contribution in [3.8, 4) is 11.6 Å². The summed E-state index contributed by atoms with van der Waals surface area (Å²) in [6, 6.07) is 4.24. The Bertz CT molecular complexity index is 1230. The number of ether oxygens (including phenoxy) is 2. The summed E-state index contributed by atoms with van der Waals surface area (Å²) < 4.78 is 52.0. The number of carboxylic acid groups (broad SMARTS) is 1. The van der Waals surface area contributed by atoms with Crippen LogP contribution in [0.1, 0.15) is 74.4 Å². The van der Waals surface area contributed by atoms with Crippen molar-refractivity contribution in [2.45, 2.75) is 71.6 Å². The van der Waals surface area contributed by atoms with Gasteiger partial charge in [-0.3, -0.25) is 4.79 Å². The van der Waals surface area contributed by atoms with E-state index < -0.39 is 29.7 Å². The van der Waals surface area contributed by atoms with Gasteiger partial charge in [0.25, 0.3) is 0 Å². The Morgan fingerprint density at radius 3 is 2.38 bits per heavy atom. The lowest BCUT2D eigenvalue weighted by atomic mass is 9.87. The summed E-state index contributed by atoms with van der Waals surface area (Å²) in [5, 5.41) is 9.93. The molecule has 218 valence electrons. The lowest BCUT2D eigenvalue weighted by molar-refractivity contribution is -0.139. The van der Waals surface area contributed by atoms with Crippen molar-refractivity contribution in [1.82, 2.24) is 9.88 Å². The number of aromatic carboxylic acids is 1. The molecule has 0 spiro atoms. The number of pyridine rings is 1. The van der Waals surface area contributed by atoms with Gasteiger partial charge in [0.05, 0.1) is 24.4 Å². The van der Waals surface area contributed by atoms with Crippen molar-refractivity contribution in [3.63, 3.8) is 0 Å². The third-order valence-corrected chi connectivity index (χ3v) is 6.59. The van der Waals surface area contributed by atoms with Crippen LogP contribution in [0, 0.1) is 5.92 Å². The van der Waals surface area contributed by atoms with E-state index in [0.717, 1.165) is 55.3 Å². The van der Waals surface area contributed by atoms with Crippen molar-refractivity contribution >= 4 is 23.7 Å². The zero-order valence-electron chi connectivity index (χ0n) is 23.0. The molecule has 3 rings (SSSR count). The molecule has 1 fully saturated rings. The van der Waals surface area contributed by atoms with Crippen molar-refractivity contribution in [2.24, 2.45) is 5.92 Å². The normalized spacial score (nSPS) is 14.1. The highest BCUT2D eigenvalue weighted by atomic mass is 19.4. The lowest BCUT2D eigenvalue weighted by Gasteiger charge is -2.33. The number of anilines is 1. The van der Waals surface area contributed by atoms with Gasteiger partial charge in [-0.25, -0.2) is 14.6 Å². The van der Waals surface area contributed by atoms with Crippen LogP contribution in [0.2, 0.25) is 0 Å². The van der Waals surface area contributed by atoms with Crippen molar-refractivity contribution in [3.05, 3.63) is 47.2 Å². The lowest BCUT2D eigenvalue weighted by Crippen LogP contribution is -2.42. The van der Waals surface area contributed by atoms with Gasteiger partial charge in [-0.1, -0.05) is 19.3 Å². The fourth-order valence-corrected chi connectivity index (χ4v) is 4.71. The second kappa shape index (κ2) is 13.0. The molecule has 0 radical (unpaired) electrons. The van der Waals surface area contributed by atoms with Crippen LogP contribution in [0.4, 0.5) is 23.7 Å². The van der Waals surface area contributed by atoms with Crippen LogP contribution in [0.3, 0.4) is 0 Å². The molecule has 1 aromatic heterocycles. The molecule has 0 aliphatic heterocycles. The molecule has 1 heterocycles. The SMILES string of the molecule is CCOC(=O)N(C)Cc1cnc(Oc2ccc(N(C(=O)C3CCCCC3)C(C)C)c(C(=O)O)c2)c(C(F)(F)F)c1. The van der Waals surface area contributed by atoms with E-state index in [1.54, 1.807) is 20.8 Å². The molecular weight excluding hydrogens is 531 g/mol. The zero-order chi connectivity index (χ0) is 29.6. The summed E-state index contributed by atoms with van der Waals surface area (Å²) in [7, 11) is 1.38. The molecule has 0 atom stereocenters. The van der Waals surface area contributed by atoms with E-state index in [4.69, 9.17) is 9.47 Å². The van der Waals surface area contributed by atoms with Gasteiger partial charge in [-0.15, -0.1) is 0 Å². The molecule has 40 heavy (non-hydrogen) atoms. The smallest absolute Gasteiger partial charge is 0.421 e. The first-order valence-electron chi connectivity index (χ1n) is 13.2. The molecule has 0 bridgehead atoms. The number of alkyl halides is 3. The van der Waals surface area contributed by atoms with Crippen LogP contribution < -0.4 is 9.64 Å². The fourth-order valence-electron chi connectivity index (χ4n) is 4.71. The van der Waals surface area contributed by atoms with Crippen molar-refractivity contribution in [1.29, 1.82) is 0 Å². The summed E-state index contributed by atoms with van der Waals surface area (Å²) in [5.74, 6) is -2.71. The molecule has 0 saturated heterocycles. The first-order chi connectivity index (χ1) is 18.8. The molecule has 1 N–H and O–H groups in total. The van der Waals surface area contributed by atoms with E-state index >= 15 is 0 Å². The largest absolute Gasteiger partial charge is 0.478 e. The fraction of sp³-hybridized carbons (Fsp3) is 0.500. The van der Waals surface area contributed by atoms with Crippen LogP contribution in [0.5, 0.6) is 11.6 Å². The molecule has 2 aromatic rings. The molecule has 0 unspecified atom stereocenters. The average molecular weight is 566 g/mol. The Morgan fingerprint density at radius 1 is 1.12 bits per heavy atom. The summed E-state index contributed by atoms with van der Waals surface area (Å²) in [6.45, 7) is 5.09. The number of carboxylic acids is 1. The van der Waals surface area contributed by atoms with E-state index in [2.05, 4.69) is 4.98 Å². The minimum atomic E-state index is -4.85. The van der Waals surface area contributed by atoms with Gasteiger partial charge in [0.1, 0.15) is 11.3 Å². The standard InChI is InChI=1S/C28H34F3N3O6/c1-5-39-27(38)33(4)16-18-13-22(28(29,30)31)24(32-15-18)40-20-11-12-23(21(14-20)26(36)37)34(17(2)3)25(35)19-9-7-6-8-10-19/h11-15,17,19H,5-10,16H2,1-4H3,(H,36,37). The van der Waals surface area contributed by atoms with E-state index in [0.29, 0.717) is 0 Å². The van der Waals surface area contributed by atoms with E-state index in [1.807, 2.05) is 0 Å². The van der Waals surface area contributed by atoms with Gasteiger partial charge in [0.15, 0.2) is 0 Å². The first-order valence-corrected chi connectivity index (χ1v) is 13.2. The maximum absolute atomic E-state index is 13.9. The summed E-state index contributed by atoms with van der Waals surface area (Å²) >= 11 is 0. The quantitative estimate of drug-likeness (QED) is 0.370. The molecule has 9 nitrogen and oxygen atoms in total. The summed E-state index contributed by atoms with van der Waals surface area (Å²) in [4.78, 5) is 43.8. The van der Waals surface area contributed by atoms with Crippen molar-refractivity contribution < 1.29 is 42.1 Å². The number of amides is 2. The minimum Gasteiger partial charge on any atom is -0.478 e. The monoisotopic (exact) mass is 565 g/mol. The number of carbonyl (C=O) groups excluding carboxylic acids is 2. The Kier molecular flexibility index (Phi) is 9.99. The predicted molar refractivity (Wildman–Crippen MR) is 140 cm³/mol. The second-order valence-electron chi connectivity index (χ2n) is 9.97. The summed E-state index contributed by atoms with van der Waals surface area (Å²) in [6.07, 6.45) is -0.0649. The van der Waals surface area contributed by atoms with E-state index in [-0.39, 0.29) is 53.6 Å². The number of rotatable bonds is 9. The van der Waals surface area contributed by atoms with Crippen LogP contribution in [0.15, 0.2) is 30.5 Å². The number of carbonyl (C=O) groups is 3. The predicted octanol–water partition coefficient (Wildman–Crippen LogP) is 6.50. The maximum Gasteiger partial charge on any atom is 0.421 e. The number of benzene rings is 1. The van der Waals surface area contributed by atoms with E-state index in [1.165, 1.54) is 24.1 Å². The van der Waals surface area contributed by atoms with Gasteiger partial charge in [0, 0.05) is 25.2 Å². The number of hydrogen-bond acceptors (Lipinski definition) is 6. The van der Waals surface area contributed by atoms with Crippen LogP contribution >= 0.6 is 0 Å².